The number of rotatable bonds is 9. The lowest BCUT2D eigenvalue weighted by atomic mass is 10.1. The van der Waals surface area contributed by atoms with E-state index in [9.17, 15) is 9.59 Å². The standard InChI is InChI=1S/C24H24N4O5/c1-3-31-11-6-10-25-22(29)16-7-4-8-17(13-16)26-23(30)18-14-19(20-9-5-12-32-20)27-24-21(18)15(2)28-33-24/h4-5,7-9,12-14H,3,6,10-11H2,1-2H3,(H,25,29)(H,26,30). The van der Waals surface area contributed by atoms with E-state index >= 15 is 0 Å². The number of furan rings is 1. The van der Waals surface area contributed by atoms with Gasteiger partial charge in [-0.25, -0.2) is 4.98 Å². The summed E-state index contributed by atoms with van der Waals surface area (Å²) >= 11 is 0. The van der Waals surface area contributed by atoms with Crippen LogP contribution < -0.4 is 10.6 Å². The van der Waals surface area contributed by atoms with Gasteiger partial charge in [-0.3, -0.25) is 9.59 Å². The highest BCUT2D eigenvalue weighted by molar-refractivity contribution is 6.13. The number of hydrogen-bond acceptors (Lipinski definition) is 7. The maximum atomic E-state index is 13.2. The van der Waals surface area contributed by atoms with Crippen LogP contribution in [0.15, 0.2) is 57.7 Å². The van der Waals surface area contributed by atoms with Crippen molar-refractivity contribution >= 4 is 28.6 Å². The zero-order valence-corrected chi connectivity index (χ0v) is 18.4. The van der Waals surface area contributed by atoms with E-state index in [1.54, 1.807) is 49.4 Å². The fourth-order valence-electron chi connectivity index (χ4n) is 3.38. The Morgan fingerprint density at radius 3 is 2.79 bits per heavy atom. The Hall–Kier alpha value is -3.98. The topological polar surface area (TPSA) is 119 Å². The summed E-state index contributed by atoms with van der Waals surface area (Å²) in [5.41, 5.74) is 2.52. The van der Waals surface area contributed by atoms with Gasteiger partial charge in [0.1, 0.15) is 5.69 Å². The van der Waals surface area contributed by atoms with Gasteiger partial charge in [-0.15, -0.1) is 0 Å². The number of fused-ring (bicyclic) bond motifs is 1. The highest BCUT2D eigenvalue weighted by Gasteiger charge is 2.20. The summed E-state index contributed by atoms with van der Waals surface area (Å²) in [5.74, 6) is -0.0947. The number of anilines is 1. The third kappa shape index (κ3) is 5.09. The molecule has 0 aliphatic carbocycles. The molecule has 3 heterocycles. The van der Waals surface area contributed by atoms with Gasteiger partial charge < -0.3 is 24.3 Å². The van der Waals surface area contributed by atoms with Crippen LogP contribution >= 0.6 is 0 Å². The number of nitrogens with one attached hydrogen (secondary N) is 2. The first kappa shape index (κ1) is 22.2. The maximum absolute atomic E-state index is 13.2. The van der Waals surface area contributed by atoms with Crippen molar-refractivity contribution in [3.05, 3.63) is 65.5 Å². The van der Waals surface area contributed by atoms with Crippen LogP contribution in [0, 0.1) is 6.92 Å². The number of ether oxygens (including phenoxy) is 1. The lowest BCUT2D eigenvalue weighted by molar-refractivity contribution is 0.0943. The van der Waals surface area contributed by atoms with Crippen LogP contribution in [-0.2, 0) is 4.74 Å². The van der Waals surface area contributed by atoms with Crippen LogP contribution in [0.5, 0.6) is 0 Å². The molecule has 0 saturated carbocycles. The minimum Gasteiger partial charge on any atom is -0.463 e. The van der Waals surface area contributed by atoms with Crippen molar-refractivity contribution in [2.45, 2.75) is 20.3 Å². The minimum absolute atomic E-state index is 0.219. The van der Waals surface area contributed by atoms with Crippen LogP contribution in [-0.4, -0.2) is 41.7 Å². The minimum atomic E-state index is -0.379. The number of benzene rings is 1. The molecule has 4 rings (SSSR count). The highest BCUT2D eigenvalue weighted by atomic mass is 16.5. The summed E-state index contributed by atoms with van der Waals surface area (Å²) < 4.78 is 16.0. The molecule has 9 heteroatoms. The highest BCUT2D eigenvalue weighted by Crippen LogP contribution is 2.28. The van der Waals surface area contributed by atoms with Crippen LogP contribution in [0.2, 0.25) is 0 Å². The zero-order valence-electron chi connectivity index (χ0n) is 18.4. The molecule has 0 aliphatic heterocycles. The van der Waals surface area contributed by atoms with E-state index in [0.29, 0.717) is 59.1 Å². The van der Waals surface area contributed by atoms with Crippen molar-refractivity contribution in [2.24, 2.45) is 0 Å². The molecule has 0 unspecified atom stereocenters. The predicted octanol–water partition coefficient (Wildman–Crippen LogP) is 4.20. The first-order chi connectivity index (χ1) is 16.1. The van der Waals surface area contributed by atoms with Crippen LogP contribution in [0.1, 0.15) is 39.8 Å². The summed E-state index contributed by atoms with van der Waals surface area (Å²) in [7, 11) is 0. The van der Waals surface area contributed by atoms with E-state index in [-0.39, 0.29) is 17.5 Å². The van der Waals surface area contributed by atoms with Gasteiger partial charge in [-0.1, -0.05) is 11.2 Å². The molecule has 4 aromatic rings. The summed E-state index contributed by atoms with van der Waals surface area (Å²) in [6.45, 7) is 5.42. The number of hydrogen-bond donors (Lipinski definition) is 2. The number of aromatic nitrogens is 2. The maximum Gasteiger partial charge on any atom is 0.259 e. The molecule has 170 valence electrons. The SMILES string of the molecule is CCOCCCNC(=O)c1cccc(NC(=O)c2cc(-c3ccco3)nc3onc(C)c23)c1. The van der Waals surface area contributed by atoms with Crippen molar-refractivity contribution in [2.75, 3.05) is 25.1 Å². The van der Waals surface area contributed by atoms with Crippen LogP contribution in [0.3, 0.4) is 0 Å². The Morgan fingerprint density at radius 2 is 2.00 bits per heavy atom. The van der Waals surface area contributed by atoms with Gasteiger partial charge >= 0.3 is 0 Å². The second kappa shape index (κ2) is 10.1. The van der Waals surface area contributed by atoms with E-state index in [4.69, 9.17) is 13.7 Å². The van der Waals surface area contributed by atoms with Gasteiger partial charge in [-0.2, -0.15) is 0 Å². The van der Waals surface area contributed by atoms with Gasteiger partial charge in [0.25, 0.3) is 17.5 Å². The van der Waals surface area contributed by atoms with Crippen LogP contribution in [0.4, 0.5) is 5.69 Å². The number of carbonyl (C=O) groups is 2. The monoisotopic (exact) mass is 448 g/mol. The fourth-order valence-corrected chi connectivity index (χ4v) is 3.38. The van der Waals surface area contributed by atoms with E-state index in [1.165, 1.54) is 6.26 Å². The van der Waals surface area contributed by atoms with Gasteiger partial charge in [0.2, 0.25) is 0 Å². The van der Waals surface area contributed by atoms with Crippen molar-refractivity contribution < 1.29 is 23.3 Å². The lowest BCUT2D eigenvalue weighted by Gasteiger charge is -2.10. The third-order valence-electron chi connectivity index (χ3n) is 4.97. The third-order valence-corrected chi connectivity index (χ3v) is 4.97. The van der Waals surface area contributed by atoms with Gasteiger partial charge in [0, 0.05) is 31.0 Å². The molecule has 2 N–H and O–H groups in total. The van der Waals surface area contributed by atoms with E-state index in [2.05, 4.69) is 20.8 Å². The summed E-state index contributed by atoms with van der Waals surface area (Å²) in [4.78, 5) is 30.1. The van der Waals surface area contributed by atoms with Gasteiger partial charge in [0.05, 0.1) is 22.9 Å². The summed E-state index contributed by atoms with van der Waals surface area (Å²) in [6, 6.07) is 11.9. The Labute approximate surface area is 190 Å². The average Bonchev–Trinajstić information content (AvgIpc) is 3.49. The molecule has 3 aromatic heterocycles. The molecule has 0 atom stereocenters. The first-order valence-corrected chi connectivity index (χ1v) is 10.6. The smallest absolute Gasteiger partial charge is 0.259 e. The molecule has 0 saturated heterocycles. The van der Waals surface area contributed by atoms with Crippen molar-refractivity contribution in [3.63, 3.8) is 0 Å². The second-order valence-corrected chi connectivity index (χ2v) is 7.32. The molecule has 0 radical (unpaired) electrons. The number of aryl methyl sites for hydroxylation is 1. The van der Waals surface area contributed by atoms with Crippen molar-refractivity contribution in [1.82, 2.24) is 15.5 Å². The van der Waals surface area contributed by atoms with Gasteiger partial charge in [0.15, 0.2) is 5.76 Å². The Balaban J connectivity index is 1.53. The number of nitrogens with zero attached hydrogens (tertiary/aromatic N) is 2. The lowest BCUT2D eigenvalue weighted by Crippen LogP contribution is -2.25. The molecule has 2 amide bonds. The largest absolute Gasteiger partial charge is 0.463 e. The molecular formula is C24H24N4O5. The molecule has 1 aromatic carbocycles. The Bertz CT molecular complexity index is 1260. The molecule has 9 nitrogen and oxygen atoms in total. The zero-order chi connectivity index (χ0) is 23.2. The first-order valence-electron chi connectivity index (χ1n) is 10.6. The molecule has 0 bridgehead atoms. The van der Waals surface area contributed by atoms with Crippen molar-refractivity contribution in [1.29, 1.82) is 0 Å². The molecule has 0 fully saturated rings. The normalized spacial score (nSPS) is 11.0. The van der Waals surface area contributed by atoms with Crippen LogP contribution in [0.25, 0.3) is 22.6 Å². The van der Waals surface area contributed by atoms with E-state index in [1.807, 2.05) is 6.92 Å². The van der Waals surface area contributed by atoms with Gasteiger partial charge in [-0.05, 0) is 56.7 Å². The number of carbonyl (C=O) groups excluding carboxylic acids is 2. The molecular weight excluding hydrogens is 424 g/mol. The second-order valence-electron chi connectivity index (χ2n) is 7.32. The molecule has 33 heavy (non-hydrogen) atoms. The Morgan fingerprint density at radius 1 is 1.12 bits per heavy atom. The number of pyridine rings is 1. The summed E-state index contributed by atoms with van der Waals surface area (Å²) in [6.07, 6.45) is 2.25. The Kier molecular flexibility index (Phi) is 6.80. The van der Waals surface area contributed by atoms with Crippen molar-refractivity contribution in [3.8, 4) is 11.5 Å². The van der Waals surface area contributed by atoms with E-state index < -0.39 is 0 Å². The van der Waals surface area contributed by atoms with E-state index in [0.717, 1.165) is 6.42 Å². The molecule has 0 spiro atoms. The average molecular weight is 448 g/mol. The predicted molar refractivity (Wildman–Crippen MR) is 122 cm³/mol. The summed E-state index contributed by atoms with van der Waals surface area (Å²) in [5, 5.41) is 10.2. The fraction of sp³-hybridized carbons (Fsp3) is 0.250. The molecule has 0 aliphatic rings. The number of amides is 2. The quantitative estimate of drug-likeness (QED) is 0.368.